The summed E-state index contributed by atoms with van der Waals surface area (Å²) in [6.45, 7) is 2.15. The number of benzene rings is 2. The molecule has 0 amide bonds. The third-order valence-corrected chi connectivity index (χ3v) is 2.56. The van der Waals surface area contributed by atoms with Crippen LogP contribution in [-0.4, -0.2) is 0 Å². The fraction of sp³-hybridized carbons (Fsp3) is 0.125. The van der Waals surface area contributed by atoms with Gasteiger partial charge in [0, 0.05) is 0 Å². The van der Waals surface area contributed by atoms with Crippen LogP contribution in [0.3, 0.4) is 0 Å². The lowest BCUT2D eigenvalue weighted by Gasteiger charge is -2.01. The second-order valence-electron chi connectivity index (χ2n) is 3.80. The van der Waals surface area contributed by atoms with E-state index in [0.717, 1.165) is 6.42 Å². The summed E-state index contributed by atoms with van der Waals surface area (Å²) in [5, 5.41) is 0. The van der Waals surface area contributed by atoms with Crippen molar-refractivity contribution in [1.82, 2.24) is 0 Å². The molecule has 0 heteroatoms. The Balaban J connectivity index is 2.23. The average molecular weight is 208 g/mol. The van der Waals surface area contributed by atoms with Crippen LogP contribution in [0.15, 0.2) is 60.7 Å². The van der Waals surface area contributed by atoms with E-state index in [1.54, 1.807) is 0 Å². The first kappa shape index (κ1) is 10.7. The molecule has 0 nitrogen and oxygen atoms in total. The zero-order valence-electron chi connectivity index (χ0n) is 9.56. The highest BCUT2D eigenvalue weighted by atomic mass is 14.0. The van der Waals surface area contributed by atoms with Crippen molar-refractivity contribution in [3.63, 3.8) is 0 Å². The molecular formula is C16H16. The van der Waals surface area contributed by atoms with Crippen LogP contribution in [0.25, 0.3) is 17.2 Å². The number of allylic oxidation sites excluding steroid dienone is 1. The first-order valence-electron chi connectivity index (χ1n) is 5.72. The molecule has 0 bridgehead atoms. The lowest BCUT2D eigenvalue weighted by atomic mass is 10.0. The minimum atomic E-state index is 1.08. The topological polar surface area (TPSA) is 0 Å². The van der Waals surface area contributed by atoms with Gasteiger partial charge in [0.1, 0.15) is 0 Å². The Bertz CT molecular complexity index is 449. The summed E-state index contributed by atoms with van der Waals surface area (Å²) in [6, 6.07) is 19.1. The van der Waals surface area contributed by atoms with Gasteiger partial charge < -0.3 is 0 Å². The molecule has 0 N–H and O–H groups in total. The molecule has 0 fully saturated rings. The second kappa shape index (κ2) is 5.32. The van der Waals surface area contributed by atoms with Crippen molar-refractivity contribution in [1.29, 1.82) is 0 Å². The Kier molecular flexibility index (Phi) is 3.55. The van der Waals surface area contributed by atoms with Crippen LogP contribution in [-0.2, 0) is 0 Å². The van der Waals surface area contributed by atoms with E-state index in [4.69, 9.17) is 0 Å². The van der Waals surface area contributed by atoms with Gasteiger partial charge in [-0.15, -0.1) is 0 Å². The van der Waals surface area contributed by atoms with Crippen LogP contribution < -0.4 is 0 Å². The van der Waals surface area contributed by atoms with Gasteiger partial charge in [-0.25, -0.2) is 0 Å². The fourth-order valence-electron chi connectivity index (χ4n) is 1.67. The molecule has 0 saturated heterocycles. The molecule has 0 unspecified atom stereocenters. The van der Waals surface area contributed by atoms with E-state index in [0.29, 0.717) is 0 Å². The van der Waals surface area contributed by atoms with Crippen molar-refractivity contribution in [2.24, 2.45) is 0 Å². The molecule has 2 aromatic rings. The van der Waals surface area contributed by atoms with Gasteiger partial charge in [0.2, 0.25) is 0 Å². The first-order valence-corrected chi connectivity index (χ1v) is 5.72. The minimum absolute atomic E-state index is 1.08. The highest BCUT2D eigenvalue weighted by Crippen LogP contribution is 2.19. The molecule has 0 atom stereocenters. The van der Waals surface area contributed by atoms with E-state index in [9.17, 15) is 0 Å². The molecule has 0 aliphatic carbocycles. The third kappa shape index (κ3) is 2.60. The standard InChI is InChI=1S/C16H16/c1-2-3-7-14-10-12-16(13-11-14)15-8-5-4-6-9-15/h3-13H,2H2,1H3. The van der Waals surface area contributed by atoms with Crippen LogP contribution >= 0.6 is 0 Å². The van der Waals surface area contributed by atoms with Crippen LogP contribution in [0.5, 0.6) is 0 Å². The Morgan fingerprint density at radius 3 is 2.06 bits per heavy atom. The van der Waals surface area contributed by atoms with Gasteiger partial charge in [-0.2, -0.15) is 0 Å². The summed E-state index contributed by atoms with van der Waals surface area (Å²) in [7, 11) is 0. The lowest BCUT2D eigenvalue weighted by Crippen LogP contribution is -1.77. The highest BCUT2D eigenvalue weighted by Gasteiger charge is 1.94. The van der Waals surface area contributed by atoms with E-state index >= 15 is 0 Å². The van der Waals surface area contributed by atoms with E-state index in [1.165, 1.54) is 16.7 Å². The molecule has 0 heterocycles. The van der Waals surface area contributed by atoms with Gasteiger partial charge in [-0.05, 0) is 23.1 Å². The Morgan fingerprint density at radius 1 is 0.812 bits per heavy atom. The van der Waals surface area contributed by atoms with E-state index in [-0.39, 0.29) is 0 Å². The highest BCUT2D eigenvalue weighted by molar-refractivity contribution is 5.65. The molecule has 0 saturated carbocycles. The molecule has 0 aliphatic heterocycles. The summed E-state index contributed by atoms with van der Waals surface area (Å²) in [5.41, 5.74) is 3.81. The van der Waals surface area contributed by atoms with Crippen molar-refractivity contribution < 1.29 is 0 Å². The van der Waals surface area contributed by atoms with Crippen molar-refractivity contribution >= 4 is 6.08 Å². The van der Waals surface area contributed by atoms with Crippen LogP contribution in [0.1, 0.15) is 18.9 Å². The third-order valence-electron chi connectivity index (χ3n) is 2.56. The van der Waals surface area contributed by atoms with Gasteiger partial charge in [-0.3, -0.25) is 0 Å². The lowest BCUT2D eigenvalue weighted by molar-refractivity contribution is 1.23. The molecule has 2 aromatic carbocycles. The Morgan fingerprint density at radius 2 is 1.44 bits per heavy atom. The summed E-state index contributed by atoms with van der Waals surface area (Å²) in [5.74, 6) is 0. The van der Waals surface area contributed by atoms with Crippen molar-refractivity contribution in [3.05, 3.63) is 66.2 Å². The second-order valence-corrected chi connectivity index (χ2v) is 3.80. The number of hydrogen-bond acceptors (Lipinski definition) is 0. The molecule has 0 spiro atoms. The Hall–Kier alpha value is -1.82. The van der Waals surface area contributed by atoms with Gasteiger partial charge in [-0.1, -0.05) is 73.7 Å². The quantitative estimate of drug-likeness (QED) is 0.681. The summed E-state index contributed by atoms with van der Waals surface area (Å²) in [6.07, 6.45) is 5.42. The molecule has 80 valence electrons. The monoisotopic (exact) mass is 208 g/mol. The van der Waals surface area contributed by atoms with Crippen LogP contribution in [0.2, 0.25) is 0 Å². The molecule has 0 radical (unpaired) electrons. The smallest absolute Gasteiger partial charge is 0.0184 e. The maximum Gasteiger partial charge on any atom is -0.0184 e. The van der Waals surface area contributed by atoms with Crippen LogP contribution in [0, 0.1) is 0 Å². The molecule has 0 aromatic heterocycles. The largest absolute Gasteiger partial charge is 0.0842 e. The maximum absolute atomic E-state index is 2.18. The van der Waals surface area contributed by atoms with Crippen molar-refractivity contribution in [3.8, 4) is 11.1 Å². The van der Waals surface area contributed by atoms with Gasteiger partial charge in [0.25, 0.3) is 0 Å². The fourth-order valence-corrected chi connectivity index (χ4v) is 1.67. The van der Waals surface area contributed by atoms with E-state index < -0.39 is 0 Å². The molecule has 16 heavy (non-hydrogen) atoms. The van der Waals surface area contributed by atoms with Crippen molar-refractivity contribution in [2.75, 3.05) is 0 Å². The average Bonchev–Trinajstić information content (AvgIpc) is 2.38. The first-order chi connectivity index (χ1) is 7.90. The zero-order valence-corrected chi connectivity index (χ0v) is 9.56. The maximum atomic E-state index is 2.18. The molecule has 2 rings (SSSR count). The van der Waals surface area contributed by atoms with E-state index in [1.807, 2.05) is 6.07 Å². The van der Waals surface area contributed by atoms with E-state index in [2.05, 4.69) is 67.6 Å². The van der Waals surface area contributed by atoms with Gasteiger partial charge in [0.05, 0.1) is 0 Å². The summed E-state index contributed by atoms with van der Waals surface area (Å²) in [4.78, 5) is 0. The van der Waals surface area contributed by atoms with Crippen LogP contribution in [0.4, 0.5) is 0 Å². The zero-order chi connectivity index (χ0) is 11.2. The normalized spacial score (nSPS) is 10.8. The van der Waals surface area contributed by atoms with Gasteiger partial charge in [0.15, 0.2) is 0 Å². The predicted octanol–water partition coefficient (Wildman–Crippen LogP) is 4.78. The number of hydrogen-bond donors (Lipinski definition) is 0. The molecular weight excluding hydrogens is 192 g/mol. The summed E-state index contributed by atoms with van der Waals surface area (Å²) >= 11 is 0. The minimum Gasteiger partial charge on any atom is -0.0842 e. The predicted molar refractivity (Wildman–Crippen MR) is 71.2 cm³/mol. The van der Waals surface area contributed by atoms with Crippen molar-refractivity contribution in [2.45, 2.75) is 13.3 Å². The van der Waals surface area contributed by atoms with Gasteiger partial charge >= 0.3 is 0 Å². The Labute approximate surface area is 97.3 Å². The number of rotatable bonds is 3. The molecule has 0 aliphatic rings. The summed E-state index contributed by atoms with van der Waals surface area (Å²) < 4.78 is 0. The SMILES string of the molecule is CCC=Cc1ccc(-c2ccccc2)cc1.